The van der Waals surface area contributed by atoms with Crippen molar-refractivity contribution in [1.29, 1.82) is 0 Å². The minimum Gasteiger partial charge on any atom is -0.494 e. The maximum absolute atomic E-state index is 12.0. The number of benzene rings is 1. The molecular formula is C16H16F3NO5. The molecule has 1 N–H and O–H groups in total. The largest absolute Gasteiger partial charge is 0.494 e. The standard InChI is InChI=1S/C16H16F3NO5/c1-3-23-10-4-5-12-11(6-10)9(2)14(25-12)15(22)24-7-13(21)20-8-16(17,18)19/h4-6H,3,7-8H2,1-2H3,(H,20,21). The van der Waals surface area contributed by atoms with E-state index in [2.05, 4.69) is 0 Å². The summed E-state index contributed by atoms with van der Waals surface area (Å²) in [6.07, 6.45) is -4.53. The van der Waals surface area contributed by atoms with Gasteiger partial charge < -0.3 is 19.2 Å². The molecule has 0 saturated heterocycles. The number of esters is 1. The number of carbonyl (C=O) groups is 2. The number of hydrogen-bond acceptors (Lipinski definition) is 5. The van der Waals surface area contributed by atoms with Crippen LogP contribution in [0.2, 0.25) is 0 Å². The van der Waals surface area contributed by atoms with Crippen molar-refractivity contribution in [3.8, 4) is 5.75 Å². The lowest BCUT2D eigenvalue weighted by Crippen LogP contribution is -2.36. The van der Waals surface area contributed by atoms with E-state index >= 15 is 0 Å². The molecule has 9 heteroatoms. The summed E-state index contributed by atoms with van der Waals surface area (Å²) in [5.74, 6) is -1.51. The van der Waals surface area contributed by atoms with E-state index in [-0.39, 0.29) is 5.76 Å². The predicted octanol–water partition coefficient (Wildman–Crippen LogP) is 2.98. The molecule has 0 fully saturated rings. The molecular weight excluding hydrogens is 343 g/mol. The summed E-state index contributed by atoms with van der Waals surface area (Å²) in [6.45, 7) is 1.61. The number of rotatable bonds is 6. The van der Waals surface area contributed by atoms with Crippen molar-refractivity contribution in [3.05, 3.63) is 29.5 Å². The van der Waals surface area contributed by atoms with E-state index in [1.165, 1.54) is 0 Å². The summed E-state index contributed by atoms with van der Waals surface area (Å²) in [4.78, 5) is 23.3. The number of ether oxygens (including phenoxy) is 2. The van der Waals surface area contributed by atoms with Gasteiger partial charge in [0.25, 0.3) is 5.91 Å². The Morgan fingerprint density at radius 2 is 2.00 bits per heavy atom. The van der Waals surface area contributed by atoms with Gasteiger partial charge in [-0.1, -0.05) is 0 Å². The van der Waals surface area contributed by atoms with Gasteiger partial charge in [-0.25, -0.2) is 4.79 Å². The topological polar surface area (TPSA) is 77.8 Å². The van der Waals surface area contributed by atoms with E-state index < -0.39 is 31.2 Å². The molecule has 0 spiro atoms. The molecule has 1 amide bonds. The van der Waals surface area contributed by atoms with Crippen LogP contribution in [0.3, 0.4) is 0 Å². The highest BCUT2D eigenvalue weighted by Crippen LogP contribution is 2.29. The Kier molecular flexibility index (Phi) is 5.55. The average Bonchev–Trinajstić information content (AvgIpc) is 2.87. The van der Waals surface area contributed by atoms with Crippen LogP contribution in [-0.2, 0) is 9.53 Å². The lowest BCUT2D eigenvalue weighted by atomic mass is 10.1. The van der Waals surface area contributed by atoms with E-state index in [0.29, 0.717) is 28.9 Å². The van der Waals surface area contributed by atoms with Crippen molar-refractivity contribution in [2.24, 2.45) is 0 Å². The second-order valence-corrected chi connectivity index (χ2v) is 5.12. The lowest BCUT2D eigenvalue weighted by Gasteiger charge is -2.08. The summed E-state index contributed by atoms with van der Waals surface area (Å²) >= 11 is 0. The zero-order valence-electron chi connectivity index (χ0n) is 13.5. The van der Waals surface area contributed by atoms with Crippen LogP contribution in [0.25, 0.3) is 11.0 Å². The molecule has 0 saturated carbocycles. The Bertz CT molecular complexity index is 782. The zero-order chi connectivity index (χ0) is 18.6. The third-order valence-electron chi connectivity index (χ3n) is 3.22. The molecule has 0 aliphatic carbocycles. The molecule has 1 aromatic heterocycles. The molecule has 0 atom stereocenters. The SMILES string of the molecule is CCOc1ccc2oc(C(=O)OCC(=O)NCC(F)(F)F)c(C)c2c1. The maximum Gasteiger partial charge on any atom is 0.405 e. The van der Waals surface area contributed by atoms with Crippen molar-refractivity contribution >= 4 is 22.8 Å². The van der Waals surface area contributed by atoms with E-state index in [4.69, 9.17) is 13.9 Å². The van der Waals surface area contributed by atoms with Crippen LogP contribution < -0.4 is 10.1 Å². The zero-order valence-corrected chi connectivity index (χ0v) is 13.5. The van der Waals surface area contributed by atoms with E-state index in [1.54, 1.807) is 30.4 Å². The third-order valence-corrected chi connectivity index (χ3v) is 3.22. The summed E-state index contributed by atoms with van der Waals surface area (Å²) in [6, 6.07) is 5.00. The number of carbonyl (C=O) groups excluding carboxylic acids is 2. The average molecular weight is 359 g/mol. The molecule has 0 unspecified atom stereocenters. The highest BCUT2D eigenvalue weighted by Gasteiger charge is 2.28. The van der Waals surface area contributed by atoms with E-state index in [9.17, 15) is 22.8 Å². The van der Waals surface area contributed by atoms with Crippen LogP contribution in [0.4, 0.5) is 13.2 Å². The number of halogens is 3. The minimum absolute atomic E-state index is 0.118. The first-order chi connectivity index (χ1) is 11.7. The summed E-state index contributed by atoms with van der Waals surface area (Å²) in [5, 5.41) is 2.24. The third kappa shape index (κ3) is 4.88. The molecule has 2 rings (SSSR count). The summed E-state index contributed by atoms with van der Waals surface area (Å²) < 4.78 is 51.4. The smallest absolute Gasteiger partial charge is 0.405 e. The second-order valence-electron chi connectivity index (χ2n) is 5.12. The van der Waals surface area contributed by atoms with Crippen molar-refractivity contribution in [2.45, 2.75) is 20.0 Å². The second kappa shape index (κ2) is 7.45. The number of furan rings is 1. The maximum atomic E-state index is 12.0. The molecule has 2 aromatic rings. The van der Waals surface area contributed by atoms with Crippen LogP contribution in [0.15, 0.2) is 22.6 Å². The number of amides is 1. The van der Waals surface area contributed by atoms with Gasteiger partial charge >= 0.3 is 12.1 Å². The van der Waals surface area contributed by atoms with Crippen molar-refractivity contribution < 1.29 is 36.7 Å². The lowest BCUT2D eigenvalue weighted by molar-refractivity contribution is -0.140. The fourth-order valence-electron chi connectivity index (χ4n) is 2.10. The quantitative estimate of drug-likeness (QED) is 0.803. The van der Waals surface area contributed by atoms with Gasteiger partial charge in [-0.05, 0) is 32.0 Å². The summed E-state index contributed by atoms with van der Waals surface area (Å²) in [7, 11) is 0. The number of alkyl halides is 3. The van der Waals surface area contributed by atoms with Crippen LogP contribution in [0, 0.1) is 6.92 Å². The Hall–Kier alpha value is -2.71. The van der Waals surface area contributed by atoms with Gasteiger partial charge in [0.2, 0.25) is 5.76 Å². The predicted molar refractivity (Wildman–Crippen MR) is 81.5 cm³/mol. The first-order valence-electron chi connectivity index (χ1n) is 7.37. The van der Waals surface area contributed by atoms with Gasteiger partial charge in [0, 0.05) is 10.9 Å². The van der Waals surface area contributed by atoms with Crippen molar-refractivity contribution in [2.75, 3.05) is 19.8 Å². The van der Waals surface area contributed by atoms with Crippen LogP contribution in [0.1, 0.15) is 23.0 Å². The fourth-order valence-corrected chi connectivity index (χ4v) is 2.10. The molecule has 136 valence electrons. The Balaban J connectivity index is 2.04. The molecule has 0 radical (unpaired) electrons. The number of hydrogen-bond donors (Lipinski definition) is 1. The van der Waals surface area contributed by atoms with Crippen molar-refractivity contribution in [1.82, 2.24) is 5.32 Å². The van der Waals surface area contributed by atoms with Gasteiger partial charge in [-0.15, -0.1) is 0 Å². The van der Waals surface area contributed by atoms with Crippen LogP contribution >= 0.6 is 0 Å². The van der Waals surface area contributed by atoms with Gasteiger partial charge in [0.05, 0.1) is 6.61 Å². The van der Waals surface area contributed by atoms with Crippen LogP contribution in [0.5, 0.6) is 5.75 Å². The molecule has 0 aliphatic heterocycles. The van der Waals surface area contributed by atoms with E-state index in [1.807, 2.05) is 6.92 Å². The molecule has 25 heavy (non-hydrogen) atoms. The highest BCUT2D eigenvalue weighted by atomic mass is 19.4. The number of nitrogens with one attached hydrogen (secondary N) is 1. The monoisotopic (exact) mass is 359 g/mol. The Morgan fingerprint density at radius 1 is 1.28 bits per heavy atom. The van der Waals surface area contributed by atoms with Gasteiger partial charge in [-0.2, -0.15) is 13.2 Å². The minimum atomic E-state index is -4.53. The number of fused-ring (bicyclic) bond motifs is 1. The number of aryl methyl sites for hydroxylation is 1. The molecule has 0 bridgehead atoms. The fraction of sp³-hybridized carbons (Fsp3) is 0.375. The van der Waals surface area contributed by atoms with Crippen LogP contribution in [-0.4, -0.2) is 37.8 Å². The van der Waals surface area contributed by atoms with Gasteiger partial charge in [-0.3, -0.25) is 4.79 Å². The first kappa shape index (κ1) is 18.6. The normalized spacial score (nSPS) is 11.4. The van der Waals surface area contributed by atoms with Crippen molar-refractivity contribution in [3.63, 3.8) is 0 Å². The highest BCUT2D eigenvalue weighted by molar-refractivity contribution is 5.97. The molecule has 1 heterocycles. The van der Waals surface area contributed by atoms with E-state index in [0.717, 1.165) is 0 Å². The Labute approximate surface area is 140 Å². The van der Waals surface area contributed by atoms with Gasteiger partial charge in [0.1, 0.15) is 17.9 Å². The Morgan fingerprint density at radius 3 is 2.64 bits per heavy atom. The summed E-state index contributed by atoms with van der Waals surface area (Å²) in [5.41, 5.74) is 0.909. The molecule has 0 aliphatic rings. The molecule has 1 aromatic carbocycles. The van der Waals surface area contributed by atoms with Gasteiger partial charge in [0.15, 0.2) is 6.61 Å². The first-order valence-corrected chi connectivity index (χ1v) is 7.37. The molecule has 6 nitrogen and oxygen atoms in total.